The van der Waals surface area contributed by atoms with Crippen molar-refractivity contribution in [3.05, 3.63) is 78.1 Å². The molecule has 0 N–H and O–H groups in total. The predicted molar refractivity (Wildman–Crippen MR) is 98.4 cm³/mol. The first-order chi connectivity index (χ1) is 13.5. The van der Waals surface area contributed by atoms with Gasteiger partial charge >= 0.3 is 6.18 Å². The number of hydrogen-bond donors (Lipinski definition) is 0. The van der Waals surface area contributed by atoms with Gasteiger partial charge in [-0.2, -0.15) is 13.2 Å². The topological polar surface area (TPSA) is 32.6 Å². The Morgan fingerprint density at radius 1 is 0.821 bits per heavy atom. The van der Waals surface area contributed by atoms with Crippen LogP contribution in [-0.2, 0) is 24.3 Å². The maximum atomic E-state index is 13.1. The lowest BCUT2D eigenvalue weighted by molar-refractivity contribution is -0.146. The van der Waals surface area contributed by atoms with Crippen molar-refractivity contribution >= 4 is 0 Å². The van der Waals surface area contributed by atoms with Crippen molar-refractivity contribution in [2.75, 3.05) is 6.61 Å². The Kier molecular flexibility index (Phi) is 6.26. The van der Waals surface area contributed by atoms with E-state index in [1.54, 1.807) is 31.2 Å². The molecule has 1 heterocycles. The maximum Gasteiger partial charge on any atom is 0.431 e. The fourth-order valence-corrected chi connectivity index (χ4v) is 2.60. The third kappa shape index (κ3) is 5.07. The average Bonchev–Trinajstić information content (AvgIpc) is 3.10. The number of aromatic nitrogens is 1. The molecule has 2 aromatic carbocycles. The van der Waals surface area contributed by atoms with Gasteiger partial charge in [-0.25, -0.2) is 0 Å². The van der Waals surface area contributed by atoms with Crippen LogP contribution in [0, 0.1) is 0 Å². The lowest BCUT2D eigenvalue weighted by Crippen LogP contribution is -2.17. The molecule has 148 valence electrons. The normalized spacial score (nSPS) is 11.4. The fourth-order valence-electron chi connectivity index (χ4n) is 2.60. The summed E-state index contributed by atoms with van der Waals surface area (Å²) < 4.78 is 57.0. The minimum absolute atomic E-state index is 0.0119. The summed E-state index contributed by atoms with van der Waals surface area (Å²) in [6.45, 7) is 1.85. The molecule has 4 nitrogen and oxygen atoms in total. The van der Waals surface area contributed by atoms with Crippen molar-refractivity contribution in [1.29, 1.82) is 0 Å². The number of hydrogen-bond acceptors (Lipinski definition) is 3. The molecule has 0 atom stereocenters. The second kappa shape index (κ2) is 8.84. The largest absolute Gasteiger partial charge is 0.487 e. The van der Waals surface area contributed by atoms with Gasteiger partial charge < -0.3 is 18.8 Å². The van der Waals surface area contributed by atoms with Gasteiger partial charge in [-0.15, -0.1) is 0 Å². The van der Waals surface area contributed by atoms with Crippen LogP contribution in [0.15, 0.2) is 66.7 Å². The van der Waals surface area contributed by atoms with Crippen LogP contribution in [0.25, 0.3) is 0 Å². The molecule has 0 spiro atoms. The summed E-state index contributed by atoms with van der Waals surface area (Å²) in [4.78, 5) is 0. The number of ether oxygens (including phenoxy) is 3. The molecule has 0 aliphatic carbocycles. The zero-order chi connectivity index (χ0) is 20.0. The molecule has 1 aromatic heterocycles. The van der Waals surface area contributed by atoms with Gasteiger partial charge in [-0.05, 0) is 55.5 Å². The Balaban J connectivity index is 1.66. The van der Waals surface area contributed by atoms with E-state index in [0.717, 1.165) is 10.6 Å². The monoisotopic (exact) mass is 391 g/mol. The lowest BCUT2D eigenvalue weighted by atomic mass is 10.3. The third-order valence-corrected chi connectivity index (χ3v) is 3.98. The van der Waals surface area contributed by atoms with E-state index in [1.807, 2.05) is 30.3 Å². The van der Waals surface area contributed by atoms with E-state index in [9.17, 15) is 13.2 Å². The van der Waals surface area contributed by atoms with Crippen molar-refractivity contribution in [2.45, 2.75) is 26.4 Å². The second-order valence-electron chi connectivity index (χ2n) is 5.93. The number of nitrogens with zero attached hydrogens (tertiary/aromatic N) is 1. The molecule has 0 unspecified atom stereocenters. The van der Waals surface area contributed by atoms with Crippen molar-refractivity contribution in [1.82, 2.24) is 4.57 Å². The summed E-state index contributed by atoms with van der Waals surface area (Å²) in [7, 11) is 0. The quantitative estimate of drug-likeness (QED) is 0.481. The van der Waals surface area contributed by atoms with E-state index in [-0.39, 0.29) is 13.3 Å². The van der Waals surface area contributed by atoms with Gasteiger partial charge in [-0.1, -0.05) is 18.2 Å². The summed E-state index contributed by atoms with van der Waals surface area (Å²) >= 11 is 0. The number of benzene rings is 2. The van der Waals surface area contributed by atoms with E-state index in [2.05, 4.69) is 0 Å². The standard InChI is InChI=1S/C21H20F3NO3/c1-2-26-15-25-16(8-13-20(25)21(22,23)24)14-27-17-9-11-19(12-10-17)28-18-6-4-3-5-7-18/h3-13H,2,14-15H2,1H3. The van der Waals surface area contributed by atoms with Crippen molar-refractivity contribution < 1.29 is 27.4 Å². The minimum Gasteiger partial charge on any atom is -0.487 e. The molecule has 28 heavy (non-hydrogen) atoms. The molecule has 0 amide bonds. The molecule has 0 radical (unpaired) electrons. The molecule has 0 saturated heterocycles. The highest BCUT2D eigenvalue weighted by Crippen LogP contribution is 2.31. The Morgan fingerprint density at radius 2 is 1.46 bits per heavy atom. The summed E-state index contributed by atoms with van der Waals surface area (Å²) in [5.74, 6) is 1.88. The number of rotatable bonds is 8. The Morgan fingerprint density at radius 3 is 2.11 bits per heavy atom. The summed E-state index contributed by atoms with van der Waals surface area (Å²) in [6, 6.07) is 18.7. The van der Waals surface area contributed by atoms with Gasteiger partial charge in [-0.3, -0.25) is 0 Å². The number of halogens is 3. The van der Waals surface area contributed by atoms with E-state index < -0.39 is 11.9 Å². The highest BCUT2D eigenvalue weighted by molar-refractivity contribution is 5.35. The molecule has 7 heteroatoms. The molecular weight excluding hydrogens is 371 g/mol. The number of alkyl halides is 3. The Hall–Kier alpha value is -2.93. The molecule has 0 aliphatic heterocycles. The maximum absolute atomic E-state index is 13.1. The van der Waals surface area contributed by atoms with Crippen molar-refractivity contribution in [2.24, 2.45) is 0 Å². The first kappa shape index (κ1) is 19.8. The van der Waals surface area contributed by atoms with Crippen LogP contribution >= 0.6 is 0 Å². The van der Waals surface area contributed by atoms with Crippen LogP contribution < -0.4 is 9.47 Å². The number of para-hydroxylation sites is 1. The van der Waals surface area contributed by atoms with Crippen LogP contribution in [-0.4, -0.2) is 11.2 Å². The second-order valence-corrected chi connectivity index (χ2v) is 5.93. The molecule has 0 aliphatic rings. The smallest absolute Gasteiger partial charge is 0.431 e. The van der Waals surface area contributed by atoms with Crippen LogP contribution in [0.4, 0.5) is 13.2 Å². The SMILES string of the molecule is CCOCn1c(COc2ccc(Oc3ccccc3)cc2)ccc1C(F)(F)F. The summed E-state index contributed by atoms with van der Waals surface area (Å²) in [5, 5.41) is 0. The highest BCUT2D eigenvalue weighted by atomic mass is 19.4. The molecule has 0 saturated carbocycles. The van der Waals surface area contributed by atoms with Gasteiger partial charge in [0.1, 0.15) is 36.3 Å². The molecule has 3 aromatic rings. The average molecular weight is 391 g/mol. The van der Waals surface area contributed by atoms with Crippen molar-refractivity contribution in [3.8, 4) is 17.2 Å². The van der Waals surface area contributed by atoms with E-state index in [0.29, 0.717) is 29.5 Å². The predicted octanol–water partition coefficient (Wildman–Crippen LogP) is 5.87. The van der Waals surface area contributed by atoms with Crippen LogP contribution in [0.3, 0.4) is 0 Å². The third-order valence-electron chi connectivity index (χ3n) is 3.98. The lowest BCUT2D eigenvalue weighted by Gasteiger charge is -2.15. The molecule has 3 rings (SSSR count). The molecule has 0 fully saturated rings. The summed E-state index contributed by atoms with van der Waals surface area (Å²) in [5.41, 5.74) is -0.378. The van der Waals surface area contributed by atoms with Gasteiger partial charge in [0.2, 0.25) is 0 Å². The fraction of sp³-hybridized carbons (Fsp3) is 0.238. The van der Waals surface area contributed by atoms with Gasteiger partial charge in [0, 0.05) is 6.61 Å². The zero-order valence-electron chi connectivity index (χ0n) is 15.3. The Labute approximate surface area is 161 Å². The van der Waals surface area contributed by atoms with E-state index in [1.165, 1.54) is 6.07 Å². The van der Waals surface area contributed by atoms with Crippen molar-refractivity contribution in [3.63, 3.8) is 0 Å². The molecule has 0 bridgehead atoms. The van der Waals surface area contributed by atoms with Gasteiger partial charge in [0.15, 0.2) is 0 Å². The first-order valence-corrected chi connectivity index (χ1v) is 8.76. The van der Waals surface area contributed by atoms with Crippen LogP contribution in [0.5, 0.6) is 17.2 Å². The van der Waals surface area contributed by atoms with Crippen LogP contribution in [0.1, 0.15) is 18.3 Å². The van der Waals surface area contributed by atoms with E-state index >= 15 is 0 Å². The minimum atomic E-state index is -4.45. The molecular formula is C21H20F3NO3. The first-order valence-electron chi connectivity index (χ1n) is 8.76. The summed E-state index contributed by atoms with van der Waals surface area (Å²) in [6.07, 6.45) is -4.45. The van der Waals surface area contributed by atoms with Crippen LogP contribution in [0.2, 0.25) is 0 Å². The van der Waals surface area contributed by atoms with E-state index in [4.69, 9.17) is 14.2 Å². The Bertz CT molecular complexity index is 874. The zero-order valence-corrected chi connectivity index (χ0v) is 15.3. The van der Waals surface area contributed by atoms with Gasteiger partial charge in [0.25, 0.3) is 0 Å². The van der Waals surface area contributed by atoms with Gasteiger partial charge in [0.05, 0.1) is 5.69 Å². The highest BCUT2D eigenvalue weighted by Gasteiger charge is 2.35.